The molecule has 3 N–H and O–H groups in total. The number of hydrogen-bond acceptors (Lipinski definition) is 7. The molecule has 1 heterocycles. The highest BCUT2D eigenvalue weighted by Gasteiger charge is 2.16. The van der Waals surface area contributed by atoms with E-state index in [9.17, 15) is 9.59 Å². The van der Waals surface area contributed by atoms with E-state index in [1.165, 1.54) is 18.0 Å². The van der Waals surface area contributed by atoms with Crippen LogP contribution in [-0.2, 0) is 9.59 Å². The molecular formula is C18H24N4O4S2. The number of nitrogens with one attached hydrogen (secondary N) is 1. The Morgan fingerprint density at radius 2 is 2.07 bits per heavy atom. The van der Waals surface area contributed by atoms with Gasteiger partial charge in [0.15, 0.2) is 18.1 Å². The minimum atomic E-state index is -0.571. The van der Waals surface area contributed by atoms with Gasteiger partial charge in [-0.2, -0.15) is 5.10 Å². The molecule has 0 bridgehead atoms. The Labute approximate surface area is 173 Å². The van der Waals surface area contributed by atoms with Crippen molar-refractivity contribution in [2.75, 3.05) is 32.1 Å². The normalized spacial score (nSPS) is 13.5. The predicted octanol–water partition coefficient (Wildman–Crippen LogP) is 1.51. The monoisotopic (exact) mass is 424 g/mol. The molecule has 1 aliphatic heterocycles. The SMILES string of the molecule is CCOc1cc(/C=N/NC(=O)CSC(=S)N2CCCC2)ccc1OCC(N)=O. The van der Waals surface area contributed by atoms with E-state index in [1.54, 1.807) is 18.2 Å². The molecule has 1 aromatic carbocycles. The van der Waals surface area contributed by atoms with Crippen molar-refractivity contribution in [3.05, 3.63) is 23.8 Å². The third-order valence-corrected chi connectivity index (χ3v) is 5.25. The van der Waals surface area contributed by atoms with Gasteiger partial charge >= 0.3 is 0 Å². The van der Waals surface area contributed by atoms with E-state index in [4.69, 9.17) is 27.4 Å². The summed E-state index contributed by atoms with van der Waals surface area (Å²) in [4.78, 5) is 24.9. The molecule has 0 saturated carbocycles. The summed E-state index contributed by atoms with van der Waals surface area (Å²) in [6.45, 7) is 3.96. The first-order valence-corrected chi connectivity index (χ1v) is 10.3. The number of hydrogen-bond donors (Lipinski definition) is 2. The number of benzene rings is 1. The van der Waals surface area contributed by atoms with E-state index in [2.05, 4.69) is 15.4 Å². The van der Waals surface area contributed by atoms with Gasteiger partial charge in [-0.1, -0.05) is 24.0 Å². The lowest BCUT2D eigenvalue weighted by atomic mass is 10.2. The minimum Gasteiger partial charge on any atom is -0.490 e. The number of amides is 2. The highest BCUT2D eigenvalue weighted by molar-refractivity contribution is 8.23. The van der Waals surface area contributed by atoms with Crippen LogP contribution in [0.5, 0.6) is 11.5 Å². The lowest BCUT2D eigenvalue weighted by molar-refractivity contribution is -0.120. The summed E-state index contributed by atoms with van der Waals surface area (Å²) >= 11 is 6.67. The number of nitrogens with two attached hydrogens (primary N) is 1. The van der Waals surface area contributed by atoms with Gasteiger partial charge in [0.1, 0.15) is 4.32 Å². The van der Waals surface area contributed by atoms with E-state index in [-0.39, 0.29) is 18.3 Å². The van der Waals surface area contributed by atoms with Crippen molar-refractivity contribution in [1.29, 1.82) is 0 Å². The Bertz CT molecular complexity index is 736. The number of nitrogens with zero attached hydrogens (tertiary/aromatic N) is 2. The minimum absolute atomic E-state index is 0.219. The Kier molecular flexibility index (Phi) is 9.02. The number of carbonyl (C=O) groups is 2. The van der Waals surface area contributed by atoms with Crippen LogP contribution in [0, 0.1) is 0 Å². The van der Waals surface area contributed by atoms with E-state index in [1.807, 2.05) is 6.92 Å². The van der Waals surface area contributed by atoms with Crippen LogP contribution in [0.3, 0.4) is 0 Å². The molecule has 0 aromatic heterocycles. The Morgan fingerprint density at radius 3 is 2.75 bits per heavy atom. The third kappa shape index (κ3) is 7.35. The molecule has 28 heavy (non-hydrogen) atoms. The number of primary amides is 1. The fourth-order valence-electron chi connectivity index (χ4n) is 2.47. The molecule has 1 aliphatic rings. The van der Waals surface area contributed by atoms with Crippen LogP contribution in [-0.4, -0.2) is 59.3 Å². The van der Waals surface area contributed by atoms with Crippen LogP contribution in [0.25, 0.3) is 0 Å². The average Bonchev–Trinajstić information content (AvgIpc) is 3.20. The van der Waals surface area contributed by atoms with E-state index in [0.29, 0.717) is 23.7 Å². The van der Waals surface area contributed by atoms with Crippen molar-refractivity contribution in [3.8, 4) is 11.5 Å². The summed E-state index contributed by atoms with van der Waals surface area (Å²) < 4.78 is 11.6. The summed E-state index contributed by atoms with van der Waals surface area (Å²) in [5.74, 6) is 0.294. The zero-order valence-electron chi connectivity index (χ0n) is 15.7. The summed E-state index contributed by atoms with van der Waals surface area (Å²) in [7, 11) is 0. The van der Waals surface area contributed by atoms with E-state index >= 15 is 0 Å². The third-order valence-electron chi connectivity index (χ3n) is 3.73. The van der Waals surface area contributed by atoms with Crippen LogP contribution in [0.1, 0.15) is 25.3 Å². The molecule has 10 heteroatoms. The molecule has 2 amide bonds. The van der Waals surface area contributed by atoms with Crippen LogP contribution in [0.15, 0.2) is 23.3 Å². The number of ether oxygens (including phenoxy) is 2. The standard InChI is InChI=1S/C18H24N4O4S2/c1-2-25-15-9-13(5-6-14(15)26-11-16(19)23)10-20-21-17(24)12-28-18(27)22-7-3-4-8-22/h5-6,9-10H,2-4,7-8,11-12H2,1H3,(H2,19,23)(H,21,24)/b20-10+. The molecule has 8 nitrogen and oxygen atoms in total. The van der Waals surface area contributed by atoms with Crippen LogP contribution < -0.4 is 20.6 Å². The fraction of sp³-hybridized carbons (Fsp3) is 0.444. The van der Waals surface area contributed by atoms with Crippen molar-refractivity contribution >= 4 is 46.3 Å². The zero-order valence-corrected chi connectivity index (χ0v) is 17.3. The second-order valence-electron chi connectivity index (χ2n) is 5.94. The lowest BCUT2D eigenvalue weighted by Crippen LogP contribution is -2.26. The van der Waals surface area contributed by atoms with Gasteiger partial charge in [0.25, 0.3) is 11.8 Å². The molecule has 0 radical (unpaired) electrons. The van der Waals surface area contributed by atoms with Crippen LogP contribution in [0.4, 0.5) is 0 Å². The molecule has 0 spiro atoms. The number of likely N-dealkylation sites (tertiary alicyclic amines) is 1. The average molecular weight is 425 g/mol. The van der Waals surface area contributed by atoms with Gasteiger partial charge in [-0.3, -0.25) is 9.59 Å². The van der Waals surface area contributed by atoms with Gasteiger partial charge in [-0.25, -0.2) is 5.43 Å². The number of thiocarbonyl (C=S) groups is 1. The summed E-state index contributed by atoms with van der Waals surface area (Å²) in [5.41, 5.74) is 8.27. The van der Waals surface area contributed by atoms with Gasteiger partial charge in [-0.05, 0) is 43.5 Å². The van der Waals surface area contributed by atoms with Crippen LogP contribution >= 0.6 is 24.0 Å². The first-order chi connectivity index (χ1) is 13.5. The van der Waals surface area contributed by atoms with Gasteiger partial charge in [0.05, 0.1) is 18.6 Å². The quantitative estimate of drug-likeness (QED) is 0.352. The molecule has 2 rings (SSSR count). The Morgan fingerprint density at radius 1 is 1.32 bits per heavy atom. The van der Waals surface area contributed by atoms with Crippen molar-refractivity contribution < 1.29 is 19.1 Å². The number of rotatable bonds is 9. The first kappa shape index (κ1) is 22.0. The highest BCUT2D eigenvalue weighted by atomic mass is 32.2. The number of hydrazone groups is 1. The maximum atomic E-state index is 11.9. The molecule has 0 aliphatic carbocycles. The summed E-state index contributed by atoms with van der Waals surface area (Å²) in [6, 6.07) is 5.08. The largest absolute Gasteiger partial charge is 0.490 e. The maximum absolute atomic E-state index is 11.9. The first-order valence-electron chi connectivity index (χ1n) is 8.91. The van der Waals surface area contributed by atoms with E-state index in [0.717, 1.165) is 30.3 Å². The molecule has 0 atom stereocenters. The molecule has 1 fully saturated rings. The topological polar surface area (TPSA) is 106 Å². The molecule has 1 saturated heterocycles. The van der Waals surface area contributed by atoms with Gasteiger partial charge in [-0.15, -0.1) is 0 Å². The van der Waals surface area contributed by atoms with Crippen molar-refractivity contribution in [3.63, 3.8) is 0 Å². The molecule has 1 aromatic rings. The molecule has 152 valence electrons. The van der Waals surface area contributed by atoms with Gasteiger partial charge in [0, 0.05) is 13.1 Å². The predicted molar refractivity (Wildman–Crippen MR) is 114 cm³/mol. The summed E-state index contributed by atoms with van der Waals surface area (Å²) in [5, 5.41) is 3.96. The second kappa shape index (κ2) is 11.5. The lowest BCUT2D eigenvalue weighted by Gasteiger charge is -2.16. The van der Waals surface area contributed by atoms with Crippen molar-refractivity contribution in [2.24, 2.45) is 10.8 Å². The van der Waals surface area contributed by atoms with Crippen LogP contribution in [0.2, 0.25) is 0 Å². The number of thioether (sulfide) groups is 1. The molecular weight excluding hydrogens is 400 g/mol. The van der Waals surface area contributed by atoms with Crippen molar-refractivity contribution in [2.45, 2.75) is 19.8 Å². The van der Waals surface area contributed by atoms with Crippen molar-refractivity contribution in [1.82, 2.24) is 10.3 Å². The Hall–Kier alpha value is -2.33. The maximum Gasteiger partial charge on any atom is 0.255 e. The zero-order chi connectivity index (χ0) is 20.4. The fourth-order valence-corrected chi connectivity index (χ4v) is 3.51. The summed E-state index contributed by atoms with van der Waals surface area (Å²) in [6.07, 6.45) is 3.79. The van der Waals surface area contributed by atoms with E-state index < -0.39 is 5.91 Å². The molecule has 0 unspecified atom stereocenters. The smallest absolute Gasteiger partial charge is 0.255 e. The van der Waals surface area contributed by atoms with Gasteiger partial charge < -0.3 is 20.1 Å². The highest BCUT2D eigenvalue weighted by Crippen LogP contribution is 2.28. The second-order valence-corrected chi connectivity index (χ2v) is 7.55. The number of carbonyl (C=O) groups excluding carboxylic acids is 2. The van der Waals surface area contributed by atoms with Gasteiger partial charge in [0.2, 0.25) is 0 Å². The Balaban J connectivity index is 1.84.